The van der Waals surface area contributed by atoms with E-state index in [4.69, 9.17) is 0 Å². The summed E-state index contributed by atoms with van der Waals surface area (Å²) in [6.45, 7) is 3.69. The summed E-state index contributed by atoms with van der Waals surface area (Å²) in [6.07, 6.45) is -0.417. The molecule has 4 nitrogen and oxygen atoms in total. The van der Waals surface area contributed by atoms with Crippen molar-refractivity contribution in [3.05, 3.63) is 0 Å². The van der Waals surface area contributed by atoms with E-state index in [-0.39, 0.29) is 10.5 Å². The highest BCUT2D eigenvalue weighted by molar-refractivity contribution is 7.73. The number of rotatable bonds is 0. The number of nitrogens with one attached hydrogen (secondary N) is 1. The van der Waals surface area contributed by atoms with E-state index < -0.39 is 16.4 Å². The van der Waals surface area contributed by atoms with Gasteiger partial charge in [0, 0.05) is 5.54 Å². The van der Waals surface area contributed by atoms with Crippen LogP contribution < -0.4 is 5.32 Å². The fraction of sp³-hybridized carbons (Fsp3) is 0.833. The van der Waals surface area contributed by atoms with Crippen molar-refractivity contribution in [2.75, 3.05) is 0 Å². The molecule has 0 bridgehead atoms. The SMILES string of the molecule is CC1(C)CC(O)C(=S(=O)=O)N1. The van der Waals surface area contributed by atoms with Gasteiger partial charge in [-0.05, 0) is 20.3 Å². The molecule has 1 atom stereocenters. The van der Waals surface area contributed by atoms with Gasteiger partial charge in [0.05, 0.1) is 0 Å². The summed E-state index contributed by atoms with van der Waals surface area (Å²) in [5.74, 6) is 0. The summed E-state index contributed by atoms with van der Waals surface area (Å²) in [5, 5.41) is 11.9. The van der Waals surface area contributed by atoms with Gasteiger partial charge in [0.15, 0.2) is 0 Å². The zero-order valence-corrected chi connectivity index (χ0v) is 7.27. The van der Waals surface area contributed by atoms with Crippen LogP contribution in [-0.4, -0.2) is 30.2 Å². The molecular formula is C6H11NO3S. The minimum atomic E-state index is -2.31. The second-order valence-corrected chi connectivity index (χ2v) is 4.24. The van der Waals surface area contributed by atoms with Crippen LogP contribution in [0.2, 0.25) is 0 Å². The summed E-state index contributed by atoms with van der Waals surface area (Å²) >= 11 is 0. The monoisotopic (exact) mass is 177 g/mol. The van der Waals surface area contributed by atoms with Gasteiger partial charge in [-0.2, -0.15) is 8.42 Å². The maximum atomic E-state index is 10.4. The molecule has 0 amide bonds. The molecule has 1 aliphatic rings. The van der Waals surface area contributed by atoms with Gasteiger partial charge >= 0.3 is 0 Å². The zero-order chi connectivity index (χ0) is 8.65. The van der Waals surface area contributed by atoms with Crippen LogP contribution in [0.4, 0.5) is 0 Å². The highest BCUT2D eigenvalue weighted by Gasteiger charge is 2.35. The van der Waals surface area contributed by atoms with Crippen LogP contribution in [0.3, 0.4) is 0 Å². The van der Waals surface area contributed by atoms with E-state index >= 15 is 0 Å². The van der Waals surface area contributed by atoms with Crippen molar-refractivity contribution >= 4 is 15.3 Å². The van der Waals surface area contributed by atoms with Crippen molar-refractivity contribution in [1.82, 2.24) is 5.32 Å². The molecule has 2 N–H and O–H groups in total. The van der Waals surface area contributed by atoms with Gasteiger partial charge in [-0.25, -0.2) is 0 Å². The topological polar surface area (TPSA) is 66.4 Å². The van der Waals surface area contributed by atoms with Gasteiger partial charge < -0.3 is 5.11 Å². The Kier molecular flexibility index (Phi) is 2.04. The van der Waals surface area contributed by atoms with E-state index in [2.05, 4.69) is 5.32 Å². The molecule has 5 heteroatoms. The molecule has 64 valence electrons. The molecule has 0 aromatic rings. The van der Waals surface area contributed by atoms with Crippen LogP contribution in [0.5, 0.6) is 0 Å². The molecule has 0 radical (unpaired) electrons. The predicted molar refractivity (Wildman–Crippen MR) is 41.8 cm³/mol. The van der Waals surface area contributed by atoms with Crippen molar-refractivity contribution in [2.24, 2.45) is 0 Å². The molecule has 11 heavy (non-hydrogen) atoms. The van der Waals surface area contributed by atoms with Gasteiger partial charge in [0.2, 0.25) is 10.3 Å². The summed E-state index contributed by atoms with van der Waals surface area (Å²) in [4.78, 5) is 0.00926. The molecule has 0 saturated carbocycles. The summed E-state index contributed by atoms with van der Waals surface area (Å²) < 4.78 is 20.9. The summed E-state index contributed by atoms with van der Waals surface area (Å²) in [7, 11) is -2.31. The lowest BCUT2D eigenvalue weighted by atomic mass is 10.0. The Morgan fingerprint density at radius 2 is 2.18 bits per heavy atom. The Bertz CT molecular complexity index is 283. The van der Waals surface area contributed by atoms with Gasteiger partial charge in [-0.3, -0.25) is 5.32 Å². The molecule has 1 aliphatic heterocycles. The lowest BCUT2D eigenvalue weighted by Crippen LogP contribution is -2.35. The third-order valence-corrected chi connectivity index (χ3v) is 2.38. The average molecular weight is 177 g/mol. The third-order valence-electron chi connectivity index (χ3n) is 1.65. The first-order valence-electron chi connectivity index (χ1n) is 3.35. The van der Waals surface area contributed by atoms with Crippen molar-refractivity contribution in [1.29, 1.82) is 0 Å². The molecule has 0 aliphatic carbocycles. The maximum Gasteiger partial charge on any atom is 0.230 e. The lowest BCUT2D eigenvalue weighted by Gasteiger charge is -2.14. The van der Waals surface area contributed by atoms with E-state index in [1.54, 1.807) is 0 Å². The van der Waals surface area contributed by atoms with Gasteiger partial charge in [0.1, 0.15) is 11.1 Å². The minimum Gasteiger partial charge on any atom is -0.386 e. The Labute approximate surface area is 66.8 Å². The second-order valence-electron chi connectivity index (χ2n) is 3.33. The Morgan fingerprint density at radius 1 is 1.64 bits per heavy atom. The number of aliphatic hydroxyl groups excluding tert-OH is 1. The standard InChI is InChI=1S/C6H11NO3S/c1-6(2)3-4(8)5(7-6)11(9)10/h4,7-8H,3H2,1-2H3. The second kappa shape index (κ2) is 2.58. The largest absolute Gasteiger partial charge is 0.386 e. The highest BCUT2D eigenvalue weighted by atomic mass is 32.2. The van der Waals surface area contributed by atoms with Gasteiger partial charge in [-0.15, -0.1) is 0 Å². The Hall–Kier alpha value is -0.390. The Morgan fingerprint density at radius 3 is 2.36 bits per heavy atom. The fourth-order valence-electron chi connectivity index (χ4n) is 1.20. The summed E-state index contributed by atoms with van der Waals surface area (Å²) in [5.41, 5.74) is -0.311. The van der Waals surface area contributed by atoms with Crippen LogP contribution in [-0.2, 0) is 10.3 Å². The van der Waals surface area contributed by atoms with E-state index in [9.17, 15) is 13.5 Å². The first-order chi connectivity index (χ1) is 4.92. The molecule has 1 rings (SSSR count). The van der Waals surface area contributed by atoms with Crippen LogP contribution in [0, 0.1) is 0 Å². The zero-order valence-electron chi connectivity index (χ0n) is 6.46. The van der Waals surface area contributed by atoms with Crippen molar-refractivity contribution < 1.29 is 13.5 Å². The molecule has 0 aromatic heterocycles. The molecule has 1 saturated heterocycles. The van der Waals surface area contributed by atoms with Gasteiger partial charge in [-0.1, -0.05) is 0 Å². The molecule has 0 spiro atoms. The Balaban J connectivity index is 3.02. The number of hydrogen-bond donors (Lipinski definition) is 2. The van der Waals surface area contributed by atoms with Crippen LogP contribution in [0.25, 0.3) is 0 Å². The van der Waals surface area contributed by atoms with Crippen molar-refractivity contribution in [3.63, 3.8) is 0 Å². The van der Waals surface area contributed by atoms with Crippen LogP contribution in [0.1, 0.15) is 20.3 Å². The van der Waals surface area contributed by atoms with Gasteiger partial charge in [0.25, 0.3) is 0 Å². The molecule has 1 heterocycles. The minimum absolute atomic E-state index is 0.00926. The van der Waals surface area contributed by atoms with E-state index in [1.165, 1.54) is 0 Å². The molecular weight excluding hydrogens is 166 g/mol. The molecule has 1 unspecified atom stereocenters. The number of hydrogen-bond acceptors (Lipinski definition) is 3. The van der Waals surface area contributed by atoms with E-state index in [0.29, 0.717) is 6.42 Å². The van der Waals surface area contributed by atoms with E-state index in [0.717, 1.165) is 0 Å². The number of aliphatic hydroxyl groups is 1. The molecule has 0 aromatic carbocycles. The fourth-order valence-corrected chi connectivity index (χ4v) is 1.86. The van der Waals surface area contributed by atoms with Crippen LogP contribution >= 0.6 is 0 Å². The van der Waals surface area contributed by atoms with Crippen LogP contribution in [0.15, 0.2) is 0 Å². The first kappa shape index (κ1) is 8.70. The maximum absolute atomic E-state index is 10.4. The molecule has 1 fully saturated rings. The first-order valence-corrected chi connectivity index (χ1v) is 4.42. The third kappa shape index (κ3) is 1.79. The summed E-state index contributed by atoms with van der Waals surface area (Å²) in [6, 6.07) is 0. The lowest BCUT2D eigenvalue weighted by molar-refractivity contribution is 0.225. The quantitative estimate of drug-likeness (QED) is 0.472. The normalized spacial score (nSPS) is 29.0. The van der Waals surface area contributed by atoms with E-state index in [1.807, 2.05) is 13.8 Å². The highest BCUT2D eigenvalue weighted by Crippen LogP contribution is 2.18. The smallest absolute Gasteiger partial charge is 0.230 e. The van der Waals surface area contributed by atoms with Crippen molar-refractivity contribution in [2.45, 2.75) is 31.9 Å². The average Bonchev–Trinajstić information content (AvgIpc) is 2.05. The van der Waals surface area contributed by atoms with Crippen molar-refractivity contribution in [3.8, 4) is 0 Å². The predicted octanol–water partition coefficient (Wildman–Crippen LogP) is -0.872.